The molecule has 0 unspecified atom stereocenters. The zero-order valence-corrected chi connectivity index (χ0v) is 10.9. The highest BCUT2D eigenvalue weighted by molar-refractivity contribution is 6.42. The fourth-order valence-electron chi connectivity index (χ4n) is 1.44. The Morgan fingerprint density at radius 2 is 1.72 bits per heavy atom. The third-order valence-corrected chi connectivity index (χ3v) is 3.10. The van der Waals surface area contributed by atoms with Gasteiger partial charge in [0.2, 0.25) is 0 Å². The van der Waals surface area contributed by atoms with Crippen LogP contribution in [0.25, 0.3) is 0 Å². The van der Waals surface area contributed by atoms with Gasteiger partial charge in [0, 0.05) is 0 Å². The molecule has 0 aliphatic rings. The van der Waals surface area contributed by atoms with Crippen molar-refractivity contribution >= 4 is 29.2 Å². The fraction of sp³-hybridized carbons (Fsp3) is 0.0714. The van der Waals surface area contributed by atoms with Crippen LogP contribution in [0.5, 0.6) is 0 Å². The Labute approximate surface area is 115 Å². The lowest BCUT2D eigenvalue weighted by atomic mass is 10.2. The molecule has 92 valence electrons. The third-order valence-electron chi connectivity index (χ3n) is 2.36. The van der Waals surface area contributed by atoms with Gasteiger partial charge in [-0.05, 0) is 29.8 Å². The summed E-state index contributed by atoms with van der Waals surface area (Å²) in [6.07, 6.45) is 0. The maximum atomic E-state index is 11.7. The number of hydrogen-bond acceptors (Lipinski definition) is 2. The minimum Gasteiger partial charge on any atom is -0.457 e. The summed E-state index contributed by atoms with van der Waals surface area (Å²) in [5.41, 5.74) is 1.33. The molecule has 0 fully saturated rings. The first-order valence-corrected chi connectivity index (χ1v) is 6.08. The van der Waals surface area contributed by atoms with Crippen LogP contribution in [0.3, 0.4) is 0 Å². The van der Waals surface area contributed by atoms with E-state index in [1.54, 1.807) is 42.5 Å². The van der Waals surface area contributed by atoms with Crippen LogP contribution in [-0.2, 0) is 11.3 Å². The fourth-order valence-corrected chi connectivity index (χ4v) is 1.76. The Bertz CT molecular complexity index is 553. The number of esters is 1. The van der Waals surface area contributed by atoms with Crippen LogP contribution in [0, 0.1) is 0 Å². The highest BCUT2D eigenvalue weighted by Gasteiger charge is 2.07. The number of carbonyl (C=O) groups is 1. The van der Waals surface area contributed by atoms with Crippen molar-refractivity contribution in [1.82, 2.24) is 0 Å². The zero-order valence-electron chi connectivity index (χ0n) is 9.40. The SMILES string of the molecule is O=C(OCc1ccc(Cl)c(Cl)c1)c1ccccc1. The molecule has 2 aromatic carbocycles. The van der Waals surface area contributed by atoms with E-state index in [9.17, 15) is 4.79 Å². The second-order valence-electron chi connectivity index (χ2n) is 3.69. The van der Waals surface area contributed by atoms with E-state index in [2.05, 4.69) is 0 Å². The van der Waals surface area contributed by atoms with E-state index < -0.39 is 0 Å². The van der Waals surface area contributed by atoms with Gasteiger partial charge in [0.15, 0.2) is 0 Å². The summed E-state index contributed by atoms with van der Waals surface area (Å²) in [7, 11) is 0. The maximum absolute atomic E-state index is 11.7. The molecule has 4 heteroatoms. The standard InChI is InChI=1S/C14H10Cl2O2/c15-12-7-6-10(8-13(12)16)9-18-14(17)11-4-2-1-3-5-11/h1-8H,9H2. The first-order valence-electron chi connectivity index (χ1n) is 5.33. The number of rotatable bonds is 3. The smallest absolute Gasteiger partial charge is 0.338 e. The molecule has 0 aromatic heterocycles. The van der Waals surface area contributed by atoms with Gasteiger partial charge >= 0.3 is 5.97 Å². The Kier molecular flexibility index (Phi) is 4.24. The average Bonchev–Trinajstić information content (AvgIpc) is 2.41. The predicted octanol–water partition coefficient (Wildman–Crippen LogP) is 4.35. The zero-order chi connectivity index (χ0) is 13.0. The lowest BCUT2D eigenvalue weighted by Crippen LogP contribution is -2.04. The van der Waals surface area contributed by atoms with Crippen LogP contribution in [0.1, 0.15) is 15.9 Å². The lowest BCUT2D eigenvalue weighted by molar-refractivity contribution is 0.0472. The van der Waals surface area contributed by atoms with E-state index in [0.717, 1.165) is 5.56 Å². The minimum absolute atomic E-state index is 0.171. The van der Waals surface area contributed by atoms with E-state index in [1.807, 2.05) is 6.07 Å². The summed E-state index contributed by atoms with van der Waals surface area (Å²) in [5.74, 6) is -0.360. The number of halogens is 2. The molecule has 0 spiro atoms. The molecule has 2 rings (SSSR count). The van der Waals surface area contributed by atoms with Gasteiger partial charge < -0.3 is 4.74 Å². The summed E-state index contributed by atoms with van der Waals surface area (Å²) in [6, 6.07) is 14.0. The Morgan fingerprint density at radius 3 is 2.39 bits per heavy atom. The van der Waals surface area contributed by atoms with Gasteiger partial charge in [-0.2, -0.15) is 0 Å². The van der Waals surface area contributed by atoms with Crippen LogP contribution in [0.2, 0.25) is 10.0 Å². The summed E-state index contributed by atoms with van der Waals surface area (Å²) < 4.78 is 5.17. The lowest BCUT2D eigenvalue weighted by Gasteiger charge is -2.05. The molecule has 2 nitrogen and oxygen atoms in total. The van der Waals surface area contributed by atoms with Crippen molar-refractivity contribution in [2.75, 3.05) is 0 Å². The van der Waals surface area contributed by atoms with Gasteiger partial charge in [0.25, 0.3) is 0 Å². The largest absolute Gasteiger partial charge is 0.457 e. The monoisotopic (exact) mass is 280 g/mol. The highest BCUT2D eigenvalue weighted by atomic mass is 35.5. The molecule has 0 N–H and O–H groups in total. The Morgan fingerprint density at radius 1 is 1.00 bits per heavy atom. The van der Waals surface area contributed by atoms with Crippen LogP contribution in [0.4, 0.5) is 0 Å². The summed E-state index contributed by atoms with van der Waals surface area (Å²) in [4.78, 5) is 11.7. The van der Waals surface area contributed by atoms with E-state index in [4.69, 9.17) is 27.9 Å². The molecule has 0 radical (unpaired) electrons. The van der Waals surface area contributed by atoms with Crippen molar-refractivity contribution in [1.29, 1.82) is 0 Å². The Balaban J connectivity index is 1.99. The molecule has 0 bridgehead atoms. The van der Waals surface area contributed by atoms with Crippen LogP contribution >= 0.6 is 23.2 Å². The topological polar surface area (TPSA) is 26.3 Å². The predicted molar refractivity (Wildman–Crippen MR) is 72.0 cm³/mol. The molecule has 0 aliphatic heterocycles. The van der Waals surface area contributed by atoms with Gasteiger partial charge in [-0.1, -0.05) is 47.5 Å². The minimum atomic E-state index is -0.360. The molecule has 18 heavy (non-hydrogen) atoms. The van der Waals surface area contributed by atoms with Crippen molar-refractivity contribution in [2.45, 2.75) is 6.61 Å². The van der Waals surface area contributed by atoms with Crippen molar-refractivity contribution in [3.05, 3.63) is 69.7 Å². The van der Waals surface area contributed by atoms with Crippen molar-refractivity contribution in [3.63, 3.8) is 0 Å². The first kappa shape index (κ1) is 12.9. The summed E-state index contributed by atoms with van der Waals surface area (Å²) in [5, 5.41) is 0.930. The normalized spacial score (nSPS) is 10.1. The second kappa shape index (κ2) is 5.89. The number of benzene rings is 2. The molecular formula is C14H10Cl2O2. The Hall–Kier alpha value is -1.51. The van der Waals surface area contributed by atoms with E-state index in [0.29, 0.717) is 15.6 Å². The van der Waals surface area contributed by atoms with Crippen LogP contribution in [-0.4, -0.2) is 5.97 Å². The number of carbonyl (C=O) groups excluding carboxylic acids is 1. The molecule has 0 amide bonds. The van der Waals surface area contributed by atoms with Gasteiger partial charge in [-0.3, -0.25) is 0 Å². The van der Waals surface area contributed by atoms with E-state index in [1.165, 1.54) is 0 Å². The van der Waals surface area contributed by atoms with Gasteiger partial charge in [0.05, 0.1) is 15.6 Å². The second-order valence-corrected chi connectivity index (χ2v) is 4.51. The average molecular weight is 281 g/mol. The summed E-state index contributed by atoms with van der Waals surface area (Å²) >= 11 is 11.7. The molecule has 0 aliphatic carbocycles. The third kappa shape index (κ3) is 3.25. The van der Waals surface area contributed by atoms with Gasteiger partial charge in [0.1, 0.15) is 6.61 Å². The molecule has 0 atom stereocenters. The van der Waals surface area contributed by atoms with Crippen LogP contribution in [0.15, 0.2) is 48.5 Å². The van der Waals surface area contributed by atoms with E-state index in [-0.39, 0.29) is 12.6 Å². The quantitative estimate of drug-likeness (QED) is 0.782. The highest BCUT2D eigenvalue weighted by Crippen LogP contribution is 2.23. The molecule has 0 saturated carbocycles. The summed E-state index contributed by atoms with van der Waals surface area (Å²) in [6.45, 7) is 0.171. The molecular weight excluding hydrogens is 271 g/mol. The van der Waals surface area contributed by atoms with Crippen LogP contribution < -0.4 is 0 Å². The van der Waals surface area contributed by atoms with Gasteiger partial charge in [-0.15, -0.1) is 0 Å². The maximum Gasteiger partial charge on any atom is 0.338 e. The van der Waals surface area contributed by atoms with E-state index >= 15 is 0 Å². The van der Waals surface area contributed by atoms with Crippen molar-refractivity contribution in [3.8, 4) is 0 Å². The number of ether oxygens (including phenoxy) is 1. The van der Waals surface area contributed by atoms with Crippen molar-refractivity contribution in [2.24, 2.45) is 0 Å². The molecule has 0 heterocycles. The van der Waals surface area contributed by atoms with Crippen molar-refractivity contribution < 1.29 is 9.53 Å². The number of hydrogen-bond donors (Lipinski definition) is 0. The first-order chi connectivity index (χ1) is 8.66. The molecule has 2 aromatic rings. The van der Waals surface area contributed by atoms with Gasteiger partial charge in [-0.25, -0.2) is 4.79 Å². The molecule has 0 saturated heterocycles.